The van der Waals surface area contributed by atoms with Crippen LogP contribution in [0.1, 0.15) is 36.7 Å². The van der Waals surface area contributed by atoms with Crippen LogP contribution < -0.4 is 4.74 Å². The molecule has 1 aromatic carbocycles. The summed E-state index contributed by atoms with van der Waals surface area (Å²) >= 11 is 0. The van der Waals surface area contributed by atoms with Crippen molar-refractivity contribution in [3.8, 4) is 5.75 Å². The smallest absolute Gasteiger partial charge is 0.342 e. The van der Waals surface area contributed by atoms with Crippen LogP contribution in [-0.2, 0) is 4.74 Å². The van der Waals surface area contributed by atoms with Gasteiger partial charge in [-0.05, 0) is 31.4 Å². The van der Waals surface area contributed by atoms with Crippen LogP contribution in [0, 0.1) is 12.8 Å². The van der Waals surface area contributed by atoms with Crippen LogP contribution >= 0.6 is 0 Å². The Morgan fingerprint density at radius 3 is 2.65 bits per heavy atom. The Morgan fingerprint density at radius 2 is 2.06 bits per heavy atom. The molecular formula is C14H20O3. The Labute approximate surface area is 103 Å². The normalized spacial score (nSPS) is 10.4. The van der Waals surface area contributed by atoms with E-state index in [0.717, 1.165) is 5.56 Å². The number of esters is 1. The predicted octanol–water partition coefficient (Wildman–Crippen LogP) is 3.21. The van der Waals surface area contributed by atoms with Gasteiger partial charge in [-0.25, -0.2) is 4.79 Å². The maximum Gasteiger partial charge on any atom is 0.342 e. The molecule has 0 radical (unpaired) electrons. The fourth-order valence-corrected chi connectivity index (χ4v) is 1.48. The summed E-state index contributed by atoms with van der Waals surface area (Å²) in [6.45, 7) is 8.78. The Balaban J connectivity index is 2.95. The van der Waals surface area contributed by atoms with E-state index in [4.69, 9.17) is 9.47 Å². The van der Waals surface area contributed by atoms with Gasteiger partial charge in [-0.2, -0.15) is 0 Å². The number of carbonyl (C=O) groups is 1. The van der Waals surface area contributed by atoms with Crippen molar-refractivity contribution in [2.75, 3.05) is 13.2 Å². The lowest BCUT2D eigenvalue weighted by molar-refractivity contribution is 0.0520. The molecule has 0 aromatic heterocycles. The van der Waals surface area contributed by atoms with Gasteiger partial charge < -0.3 is 9.47 Å². The molecule has 0 unspecified atom stereocenters. The Kier molecular flexibility index (Phi) is 5.01. The van der Waals surface area contributed by atoms with E-state index in [1.165, 1.54) is 0 Å². The molecule has 0 heterocycles. The number of carbonyl (C=O) groups excluding carboxylic acids is 1. The highest BCUT2D eigenvalue weighted by Crippen LogP contribution is 2.23. The monoisotopic (exact) mass is 236 g/mol. The highest BCUT2D eigenvalue weighted by Gasteiger charge is 2.16. The molecule has 17 heavy (non-hydrogen) atoms. The van der Waals surface area contributed by atoms with Crippen LogP contribution in [0.4, 0.5) is 0 Å². The van der Waals surface area contributed by atoms with Crippen LogP contribution in [0.5, 0.6) is 5.75 Å². The van der Waals surface area contributed by atoms with Gasteiger partial charge in [-0.15, -0.1) is 0 Å². The van der Waals surface area contributed by atoms with Crippen LogP contribution in [0.25, 0.3) is 0 Å². The standard InChI is InChI=1S/C14H20O3/c1-5-16-14(15)13-11(4)7-6-8-12(13)17-9-10(2)3/h6-8,10H,5,9H2,1-4H3. The molecule has 0 saturated heterocycles. The molecule has 0 N–H and O–H groups in total. The quantitative estimate of drug-likeness (QED) is 0.736. The van der Waals surface area contributed by atoms with Gasteiger partial charge >= 0.3 is 5.97 Å². The van der Waals surface area contributed by atoms with Crippen LogP contribution in [0.2, 0.25) is 0 Å². The zero-order valence-corrected chi connectivity index (χ0v) is 10.9. The van der Waals surface area contributed by atoms with E-state index in [2.05, 4.69) is 13.8 Å². The average Bonchev–Trinajstić information content (AvgIpc) is 2.26. The third-order valence-corrected chi connectivity index (χ3v) is 2.29. The fraction of sp³-hybridized carbons (Fsp3) is 0.500. The third kappa shape index (κ3) is 3.77. The molecule has 1 aromatic rings. The predicted molar refractivity (Wildman–Crippen MR) is 67.5 cm³/mol. The van der Waals surface area contributed by atoms with Crippen LogP contribution in [-0.4, -0.2) is 19.2 Å². The largest absolute Gasteiger partial charge is 0.492 e. The maximum atomic E-state index is 11.8. The van der Waals surface area contributed by atoms with E-state index >= 15 is 0 Å². The van der Waals surface area contributed by atoms with Crippen molar-refractivity contribution in [2.45, 2.75) is 27.7 Å². The first-order chi connectivity index (χ1) is 8.06. The van der Waals surface area contributed by atoms with Gasteiger partial charge in [-0.3, -0.25) is 0 Å². The van der Waals surface area contributed by atoms with Gasteiger partial charge in [0.2, 0.25) is 0 Å². The molecule has 0 saturated carbocycles. The van der Waals surface area contributed by atoms with Crippen molar-refractivity contribution >= 4 is 5.97 Å². The number of rotatable bonds is 5. The van der Waals surface area contributed by atoms with Gasteiger partial charge in [0.15, 0.2) is 0 Å². The van der Waals surface area contributed by atoms with Gasteiger partial charge in [0.1, 0.15) is 11.3 Å². The lowest BCUT2D eigenvalue weighted by atomic mass is 10.1. The molecule has 0 aliphatic heterocycles. The maximum absolute atomic E-state index is 11.8. The summed E-state index contributed by atoms with van der Waals surface area (Å²) in [6, 6.07) is 5.57. The molecular weight excluding hydrogens is 216 g/mol. The van der Waals surface area contributed by atoms with Crippen molar-refractivity contribution in [3.63, 3.8) is 0 Å². The molecule has 0 amide bonds. The highest BCUT2D eigenvalue weighted by atomic mass is 16.5. The van der Waals surface area contributed by atoms with Gasteiger partial charge in [0.25, 0.3) is 0 Å². The second kappa shape index (κ2) is 6.28. The van der Waals surface area contributed by atoms with Crippen molar-refractivity contribution in [2.24, 2.45) is 5.92 Å². The van der Waals surface area contributed by atoms with E-state index in [1.54, 1.807) is 6.92 Å². The molecule has 0 aliphatic rings. The third-order valence-electron chi connectivity index (χ3n) is 2.29. The van der Waals surface area contributed by atoms with Crippen molar-refractivity contribution < 1.29 is 14.3 Å². The van der Waals surface area contributed by atoms with Crippen molar-refractivity contribution in [1.82, 2.24) is 0 Å². The molecule has 0 atom stereocenters. The Hall–Kier alpha value is -1.51. The van der Waals surface area contributed by atoms with E-state index < -0.39 is 0 Å². The number of aryl methyl sites for hydroxylation is 1. The minimum absolute atomic E-state index is 0.315. The fourth-order valence-electron chi connectivity index (χ4n) is 1.48. The van der Waals surface area contributed by atoms with Crippen LogP contribution in [0.3, 0.4) is 0 Å². The second-order valence-corrected chi connectivity index (χ2v) is 4.37. The molecule has 0 spiro atoms. The summed E-state index contributed by atoms with van der Waals surface area (Å²) in [6.07, 6.45) is 0. The number of ether oxygens (including phenoxy) is 2. The second-order valence-electron chi connectivity index (χ2n) is 4.37. The molecule has 1 rings (SSSR count). The summed E-state index contributed by atoms with van der Waals surface area (Å²) < 4.78 is 10.7. The van der Waals surface area contributed by atoms with E-state index in [0.29, 0.717) is 30.4 Å². The SMILES string of the molecule is CCOC(=O)c1c(C)cccc1OCC(C)C. The van der Waals surface area contributed by atoms with Crippen LogP contribution in [0.15, 0.2) is 18.2 Å². The summed E-state index contributed by atoms with van der Waals surface area (Å²) in [5.41, 5.74) is 1.42. The zero-order chi connectivity index (χ0) is 12.8. The summed E-state index contributed by atoms with van der Waals surface area (Å²) in [7, 11) is 0. The first-order valence-corrected chi connectivity index (χ1v) is 5.95. The molecule has 0 fully saturated rings. The lowest BCUT2D eigenvalue weighted by Gasteiger charge is -2.14. The summed E-state index contributed by atoms with van der Waals surface area (Å²) in [5, 5.41) is 0. The molecule has 3 nitrogen and oxygen atoms in total. The summed E-state index contributed by atoms with van der Waals surface area (Å²) in [5.74, 6) is 0.715. The molecule has 0 aliphatic carbocycles. The first-order valence-electron chi connectivity index (χ1n) is 5.95. The van der Waals surface area contributed by atoms with E-state index in [1.807, 2.05) is 25.1 Å². The lowest BCUT2D eigenvalue weighted by Crippen LogP contribution is -2.12. The molecule has 3 heteroatoms. The number of benzene rings is 1. The Bertz CT molecular complexity index is 383. The van der Waals surface area contributed by atoms with E-state index in [-0.39, 0.29) is 5.97 Å². The van der Waals surface area contributed by atoms with Crippen molar-refractivity contribution in [3.05, 3.63) is 29.3 Å². The summed E-state index contributed by atoms with van der Waals surface area (Å²) in [4.78, 5) is 11.8. The zero-order valence-electron chi connectivity index (χ0n) is 10.9. The Morgan fingerprint density at radius 1 is 1.35 bits per heavy atom. The average molecular weight is 236 g/mol. The molecule has 0 bridgehead atoms. The number of hydrogen-bond donors (Lipinski definition) is 0. The highest BCUT2D eigenvalue weighted by molar-refractivity contribution is 5.94. The first kappa shape index (κ1) is 13.6. The molecule has 94 valence electrons. The number of hydrogen-bond acceptors (Lipinski definition) is 3. The van der Waals surface area contributed by atoms with Gasteiger partial charge in [-0.1, -0.05) is 26.0 Å². The minimum atomic E-state index is -0.315. The topological polar surface area (TPSA) is 35.5 Å². The van der Waals surface area contributed by atoms with Crippen molar-refractivity contribution in [1.29, 1.82) is 0 Å². The van der Waals surface area contributed by atoms with Gasteiger partial charge in [0, 0.05) is 0 Å². The van der Waals surface area contributed by atoms with E-state index in [9.17, 15) is 4.79 Å². The minimum Gasteiger partial charge on any atom is -0.492 e. The van der Waals surface area contributed by atoms with Gasteiger partial charge in [0.05, 0.1) is 13.2 Å².